The van der Waals surface area contributed by atoms with Gasteiger partial charge in [-0.05, 0) is 37.1 Å². The van der Waals surface area contributed by atoms with Crippen molar-refractivity contribution in [3.05, 3.63) is 94.8 Å². The maximum atomic E-state index is 12.9. The van der Waals surface area contributed by atoms with E-state index in [4.69, 9.17) is 11.6 Å². The van der Waals surface area contributed by atoms with Gasteiger partial charge in [0.05, 0.1) is 29.5 Å². The van der Waals surface area contributed by atoms with Gasteiger partial charge in [0.15, 0.2) is 0 Å². The summed E-state index contributed by atoms with van der Waals surface area (Å²) < 4.78 is 3.33. The highest BCUT2D eigenvalue weighted by molar-refractivity contribution is 6.33. The predicted octanol–water partition coefficient (Wildman–Crippen LogP) is 3.96. The molecular formula is C22H21ClN6O. The lowest BCUT2D eigenvalue weighted by Gasteiger charge is -2.15. The predicted molar refractivity (Wildman–Crippen MR) is 115 cm³/mol. The summed E-state index contributed by atoms with van der Waals surface area (Å²) in [4.78, 5) is 16.9. The lowest BCUT2D eigenvalue weighted by Crippen LogP contribution is -2.27. The van der Waals surface area contributed by atoms with Crippen molar-refractivity contribution in [2.24, 2.45) is 0 Å². The molecule has 152 valence electrons. The summed E-state index contributed by atoms with van der Waals surface area (Å²) in [7, 11) is 0. The van der Waals surface area contributed by atoms with E-state index in [1.807, 2.05) is 61.5 Å². The summed E-state index contributed by atoms with van der Waals surface area (Å²) in [6, 6.07) is 17.5. The summed E-state index contributed by atoms with van der Waals surface area (Å²) in [5, 5.41) is 11.9. The summed E-state index contributed by atoms with van der Waals surface area (Å²) in [6.45, 7) is 4.23. The van der Waals surface area contributed by atoms with Crippen molar-refractivity contribution >= 4 is 17.5 Å². The van der Waals surface area contributed by atoms with Crippen LogP contribution in [0.25, 0.3) is 5.69 Å². The molecule has 7 nitrogen and oxygen atoms in total. The number of rotatable bonds is 6. The molecule has 0 bridgehead atoms. The van der Waals surface area contributed by atoms with Crippen LogP contribution in [-0.4, -0.2) is 30.5 Å². The van der Waals surface area contributed by atoms with Crippen molar-refractivity contribution in [2.45, 2.75) is 26.4 Å². The monoisotopic (exact) mass is 420 g/mol. The number of nitrogens with one attached hydrogen (secondary N) is 1. The highest BCUT2D eigenvalue weighted by atomic mass is 35.5. The van der Waals surface area contributed by atoms with Gasteiger partial charge in [0, 0.05) is 0 Å². The quantitative estimate of drug-likeness (QED) is 0.512. The van der Waals surface area contributed by atoms with E-state index in [2.05, 4.69) is 20.5 Å². The molecular weight excluding hydrogens is 400 g/mol. The van der Waals surface area contributed by atoms with E-state index in [0.717, 1.165) is 16.8 Å². The first kappa shape index (κ1) is 19.8. The van der Waals surface area contributed by atoms with E-state index in [1.54, 1.807) is 22.6 Å². The minimum Gasteiger partial charge on any atom is -0.345 e. The maximum Gasteiger partial charge on any atom is 0.256 e. The Hall–Kier alpha value is -3.45. The van der Waals surface area contributed by atoms with Gasteiger partial charge in [-0.3, -0.25) is 4.79 Å². The van der Waals surface area contributed by atoms with E-state index in [1.165, 1.54) is 6.33 Å². The van der Waals surface area contributed by atoms with Crippen LogP contribution in [0, 0.1) is 6.92 Å². The first-order valence-corrected chi connectivity index (χ1v) is 9.93. The van der Waals surface area contributed by atoms with Gasteiger partial charge in [0.1, 0.15) is 17.8 Å². The van der Waals surface area contributed by atoms with Crippen LogP contribution < -0.4 is 5.32 Å². The van der Waals surface area contributed by atoms with E-state index < -0.39 is 0 Å². The SMILES string of the molecule is Cc1nn(Cc2ccccc2)c(Cl)c1C(=O)N[C@H](C)c1ccc(-n2cncn2)cc1. The van der Waals surface area contributed by atoms with Crippen molar-refractivity contribution in [1.29, 1.82) is 0 Å². The van der Waals surface area contributed by atoms with Crippen LogP contribution in [0.15, 0.2) is 67.3 Å². The van der Waals surface area contributed by atoms with E-state index in [9.17, 15) is 4.79 Å². The van der Waals surface area contributed by atoms with Crippen LogP contribution in [0.4, 0.5) is 0 Å². The summed E-state index contributed by atoms with van der Waals surface area (Å²) in [5.41, 5.74) is 3.93. The third kappa shape index (κ3) is 4.11. The lowest BCUT2D eigenvalue weighted by atomic mass is 10.1. The zero-order valence-corrected chi connectivity index (χ0v) is 17.4. The molecule has 30 heavy (non-hydrogen) atoms. The molecule has 0 unspecified atom stereocenters. The molecule has 2 aromatic carbocycles. The second-order valence-corrected chi connectivity index (χ2v) is 7.38. The van der Waals surface area contributed by atoms with Gasteiger partial charge < -0.3 is 5.32 Å². The maximum absolute atomic E-state index is 12.9. The van der Waals surface area contributed by atoms with Crippen LogP contribution in [0.3, 0.4) is 0 Å². The van der Waals surface area contributed by atoms with Gasteiger partial charge in [-0.2, -0.15) is 10.2 Å². The topological polar surface area (TPSA) is 77.6 Å². The highest BCUT2D eigenvalue weighted by Crippen LogP contribution is 2.23. The highest BCUT2D eigenvalue weighted by Gasteiger charge is 2.22. The number of aryl methyl sites for hydroxylation is 1. The molecule has 1 N–H and O–H groups in total. The second kappa shape index (κ2) is 8.51. The average Bonchev–Trinajstić information content (AvgIpc) is 3.37. The number of amides is 1. The second-order valence-electron chi connectivity index (χ2n) is 7.02. The summed E-state index contributed by atoms with van der Waals surface area (Å²) >= 11 is 6.51. The minimum atomic E-state index is -0.246. The van der Waals surface area contributed by atoms with Crippen LogP contribution in [-0.2, 0) is 6.54 Å². The number of hydrogen-bond acceptors (Lipinski definition) is 4. The van der Waals surface area contributed by atoms with E-state index >= 15 is 0 Å². The van der Waals surface area contributed by atoms with Gasteiger partial charge in [-0.25, -0.2) is 14.3 Å². The third-order valence-electron chi connectivity index (χ3n) is 4.89. The molecule has 0 aliphatic carbocycles. The summed E-state index contributed by atoms with van der Waals surface area (Å²) in [6.07, 6.45) is 3.12. The van der Waals surface area contributed by atoms with Crippen molar-refractivity contribution < 1.29 is 4.79 Å². The first-order chi connectivity index (χ1) is 14.5. The van der Waals surface area contributed by atoms with Crippen molar-refractivity contribution in [3.8, 4) is 5.69 Å². The van der Waals surface area contributed by atoms with Crippen LogP contribution in [0.2, 0.25) is 5.15 Å². The average molecular weight is 421 g/mol. The Balaban J connectivity index is 1.48. The zero-order valence-electron chi connectivity index (χ0n) is 16.7. The third-order valence-corrected chi connectivity index (χ3v) is 5.28. The number of carbonyl (C=O) groups excluding carboxylic acids is 1. The van der Waals surface area contributed by atoms with Gasteiger partial charge in [-0.1, -0.05) is 54.1 Å². The Morgan fingerprint density at radius 1 is 1.13 bits per heavy atom. The Bertz CT molecular complexity index is 1140. The molecule has 0 radical (unpaired) electrons. The zero-order chi connectivity index (χ0) is 21.1. The Morgan fingerprint density at radius 3 is 2.53 bits per heavy atom. The molecule has 0 saturated carbocycles. The molecule has 0 aliphatic rings. The number of halogens is 1. The lowest BCUT2D eigenvalue weighted by molar-refractivity contribution is 0.0939. The number of benzene rings is 2. The van der Waals surface area contributed by atoms with Gasteiger partial charge in [-0.15, -0.1) is 0 Å². The summed E-state index contributed by atoms with van der Waals surface area (Å²) in [5.74, 6) is -0.246. The fourth-order valence-electron chi connectivity index (χ4n) is 3.28. The molecule has 4 rings (SSSR count). The molecule has 2 heterocycles. The van der Waals surface area contributed by atoms with Crippen LogP contribution >= 0.6 is 11.6 Å². The Kier molecular flexibility index (Phi) is 5.63. The first-order valence-electron chi connectivity index (χ1n) is 9.55. The molecule has 1 amide bonds. The molecule has 0 aliphatic heterocycles. The van der Waals surface area contributed by atoms with E-state index in [-0.39, 0.29) is 11.9 Å². The number of hydrogen-bond donors (Lipinski definition) is 1. The van der Waals surface area contributed by atoms with Gasteiger partial charge >= 0.3 is 0 Å². The minimum absolute atomic E-state index is 0.199. The number of nitrogens with zero attached hydrogens (tertiary/aromatic N) is 5. The van der Waals surface area contributed by atoms with Gasteiger partial charge in [0.25, 0.3) is 5.91 Å². The molecule has 8 heteroatoms. The fourth-order valence-corrected chi connectivity index (χ4v) is 3.60. The largest absolute Gasteiger partial charge is 0.345 e. The van der Waals surface area contributed by atoms with Crippen molar-refractivity contribution in [3.63, 3.8) is 0 Å². The van der Waals surface area contributed by atoms with Gasteiger partial charge in [0.2, 0.25) is 0 Å². The normalized spacial score (nSPS) is 12.0. The molecule has 0 spiro atoms. The van der Waals surface area contributed by atoms with E-state index in [0.29, 0.717) is 23.0 Å². The molecule has 0 saturated heterocycles. The van der Waals surface area contributed by atoms with Crippen LogP contribution in [0.1, 0.15) is 40.1 Å². The smallest absolute Gasteiger partial charge is 0.256 e. The Labute approximate surface area is 179 Å². The van der Waals surface area contributed by atoms with Crippen LogP contribution in [0.5, 0.6) is 0 Å². The van der Waals surface area contributed by atoms with Crippen molar-refractivity contribution in [2.75, 3.05) is 0 Å². The Morgan fingerprint density at radius 2 is 1.87 bits per heavy atom. The van der Waals surface area contributed by atoms with Crippen molar-refractivity contribution in [1.82, 2.24) is 29.9 Å². The standard InChI is InChI=1S/C22H21ClN6O/c1-15(18-8-10-19(11-9-18)29-14-24-13-25-29)26-22(30)20-16(2)27-28(21(20)23)12-17-6-4-3-5-7-17/h3-11,13-15H,12H2,1-2H3,(H,26,30)/t15-/m1/s1. The number of carbonyl (C=O) groups is 1. The molecule has 1 atom stereocenters. The molecule has 0 fully saturated rings. The molecule has 2 aromatic heterocycles. The number of aromatic nitrogens is 5. The fraction of sp³-hybridized carbons (Fsp3) is 0.182. The molecule has 4 aromatic rings.